The summed E-state index contributed by atoms with van der Waals surface area (Å²) in [6, 6.07) is 14.4. The van der Waals surface area contributed by atoms with E-state index in [2.05, 4.69) is 5.32 Å². The number of hydrogen-bond acceptors (Lipinski definition) is 4. The van der Waals surface area contributed by atoms with Gasteiger partial charge < -0.3 is 19.9 Å². The molecule has 0 spiro atoms. The maximum Gasteiger partial charge on any atom is 0.255 e. The molecule has 2 saturated heterocycles. The molecule has 0 saturated carbocycles. The Kier molecular flexibility index (Phi) is 6.73. The molecule has 2 aliphatic heterocycles. The lowest BCUT2D eigenvalue weighted by atomic mass is 10.1. The lowest BCUT2D eigenvalue weighted by Gasteiger charge is -2.27. The fourth-order valence-corrected chi connectivity index (χ4v) is 4.35. The van der Waals surface area contributed by atoms with Crippen molar-refractivity contribution in [1.29, 1.82) is 0 Å². The predicted octanol–water partition coefficient (Wildman–Crippen LogP) is 3.70. The van der Waals surface area contributed by atoms with Crippen LogP contribution in [0.2, 0.25) is 0 Å². The summed E-state index contributed by atoms with van der Waals surface area (Å²) in [5.41, 5.74) is 1.66. The summed E-state index contributed by atoms with van der Waals surface area (Å²) in [5, 5.41) is 2.91. The number of likely N-dealkylation sites (tertiary alicyclic amines) is 1. The molecule has 0 bridgehead atoms. The average molecular weight is 436 g/mol. The van der Waals surface area contributed by atoms with Crippen LogP contribution >= 0.6 is 0 Å². The number of amides is 3. The SMILES string of the molecule is CCOc1ccccc1N1CC(C(=O)Nc2ccccc2C(=O)N2CCCCC2)CC1=O. The van der Waals surface area contributed by atoms with Gasteiger partial charge in [-0.2, -0.15) is 0 Å². The molecule has 2 heterocycles. The predicted molar refractivity (Wildman–Crippen MR) is 123 cm³/mol. The molecular formula is C25H29N3O4. The van der Waals surface area contributed by atoms with Crippen LogP contribution in [0, 0.1) is 5.92 Å². The molecule has 1 N–H and O–H groups in total. The molecule has 7 nitrogen and oxygen atoms in total. The van der Waals surface area contributed by atoms with Crippen LogP contribution in [0.15, 0.2) is 48.5 Å². The van der Waals surface area contributed by atoms with Gasteiger partial charge in [0.15, 0.2) is 0 Å². The van der Waals surface area contributed by atoms with E-state index in [1.807, 2.05) is 36.1 Å². The van der Waals surface area contributed by atoms with E-state index < -0.39 is 5.92 Å². The number of ether oxygens (including phenoxy) is 1. The van der Waals surface area contributed by atoms with E-state index in [0.29, 0.717) is 29.3 Å². The molecule has 32 heavy (non-hydrogen) atoms. The Hall–Kier alpha value is -3.35. The lowest BCUT2D eigenvalue weighted by Crippen LogP contribution is -2.36. The van der Waals surface area contributed by atoms with Crippen LogP contribution in [0.4, 0.5) is 11.4 Å². The zero-order valence-electron chi connectivity index (χ0n) is 18.4. The van der Waals surface area contributed by atoms with Crippen molar-refractivity contribution in [3.8, 4) is 5.75 Å². The molecule has 2 aromatic rings. The number of carbonyl (C=O) groups excluding carboxylic acids is 3. The number of hydrogen-bond donors (Lipinski definition) is 1. The van der Waals surface area contributed by atoms with E-state index in [1.54, 1.807) is 29.2 Å². The molecule has 1 unspecified atom stereocenters. The zero-order valence-corrected chi connectivity index (χ0v) is 18.4. The van der Waals surface area contributed by atoms with Crippen molar-refractivity contribution in [3.63, 3.8) is 0 Å². The van der Waals surface area contributed by atoms with Crippen molar-refractivity contribution in [1.82, 2.24) is 4.90 Å². The largest absolute Gasteiger partial charge is 0.492 e. The lowest BCUT2D eigenvalue weighted by molar-refractivity contribution is -0.122. The van der Waals surface area contributed by atoms with Gasteiger partial charge in [0.05, 0.1) is 29.5 Å². The number of para-hydroxylation sites is 3. The summed E-state index contributed by atoms with van der Waals surface area (Å²) in [7, 11) is 0. The summed E-state index contributed by atoms with van der Waals surface area (Å²) < 4.78 is 5.65. The average Bonchev–Trinajstić information content (AvgIpc) is 3.22. The van der Waals surface area contributed by atoms with Gasteiger partial charge >= 0.3 is 0 Å². The monoisotopic (exact) mass is 435 g/mol. The van der Waals surface area contributed by atoms with Gasteiger partial charge in [-0.15, -0.1) is 0 Å². The van der Waals surface area contributed by atoms with Gasteiger partial charge in [-0.05, 0) is 50.5 Å². The molecule has 168 valence electrons. The van der Waals surface area contributed by atoms with Crippen LogP contribution in [0.1, 0.15) is 43.0 Å². The molecule has 0 radical (unpaired) electrons. The second kappa shape index (κ2) is 9.85. The number of carbonyl (C=O) groups is 3. The van der Waals surface area contributed by atoms with Gasteiger partial charge in [0.1, 0.15) is 5.75 Å². The van der Waals surface area contributed by atoms with Gasteiger partial charge in [-0.1, -0.05) is 24.3 Å². The first-order valence-corrected chi connectivity index (χ1v) is 11.3. The summed E-state index contributed by atoms with van der Waals surface area (Å²) in [6.45, 7) is 4.14. The van der Waals surface area contributed by atoms with Gasteiger partial charge in [0.2, 0.25) is 11.8 Å². The minimum absolute atomic E-state index is 0.0598. The van der Waals surface area contributed by atoms with Crippen LogP contribution in [0.3, 0.4) is 0 Å². The van der Waals surface area contributed by atoms with E-state index in [0.717, 1.165) is 32.4 Å². The first kappa shape index (κ1) is 21.9. The Morgan fingerprint density at radius 3 is 2.53 bits per heavy atom. The molecular weight excluding hydrogens is 406 g/mol. The molecule has 1 atom stereocenters. The van der Waals surface area contributed by atoms with Crippen LogP contribution in [0.5, 0.6) is 5.75 Å². The highest BCUT2D eigenvalue weighted by atomic mass is 16.5. The Balaban J connectivity index is 1.48. The normalized spacial score (nSPS) is 18.5. The Morgan fingerprint density at radius 1 is 1.03 bits per heavy atom. The zero-order chi connectivity index (χ0) is 22.5. The van der Waals surface area contributed by atoms with Crippen molar-refractivity contribution in [2.24, 2.45) is 5.92 Å². The highest BCUT2D eigenvalue weighted by molar-refractivity contribution is 6.07. The van der Waals surface area contributed by atoms with Gasteiger partial charge in [0.25, 0.3) is 5.91 Å². The highest BCUT2D eigenvalue weighted by Gasteiger charge is 2.36. The van der Waals surface area contributed by atoms with Crippen LogP contribution in [0.25, 0.3) is 0 Å². The van der Waals surface area contributed by atoms with Gasteiger partial charge in [-0.3, -0.25) is 14.4 Å². The van der Waals surface area contributed by atoms with Crippen LogP contribution in [-0.2, 0) is 9.59 Å². The molecule has 2 fully saturated rings. The van der Waals surface area contributed by atoms with E-state index in [1.165, 1.54) is 0 Å². The Morgan fingerprint density at radius 2 is 1.75 bits per heavy atom. The summed E-state index contributed by atoms with van der Waals surface area (Å²) in [6.07, 6.45) is 3.27. The van der Waals surface area contributed by atoms with Crippen LogP contribution in [-0.4, -0.2) is 48.9 Å². The molecule has 4 rings (SSSR count). The third-order valence-corrected chi connectivity index (χ3v) is 6.01. The van der Waals surface area contributed by atoms with Crippen molar-refractivity contribution >= 4 is 29.1 Å². The van der Waals surface area contributed by atoms with Gasteiger partial charge in [-0.25, -0.2) is 0 Å². The van der Waals surface area contributed by atoms with E-state index in [-0.39, 0.29) is 30.7 Å². The number of rotatable bonds is 6. The summed E-state index contributed by atoms with van der Waals surface area (Å²) >= 11 is 0. The van der Waals surface area contributed by atoms with Crippen molar-refractivity contribution in [2.75, 3.05) is 36.5 Å². The number of nitrogens with zero attached hydrogens (tertiary/aromatic N) is 2. The Bertz CT molecular complexity index is 1000. The summed E-state index contributed by atoms with van der Waals surface area (Å²) in [5.74, 6) is -0.309. The quantitative estimate of drug-likeness (QED) is 0.750. The standard InChI is InChI=1S/C25H29N3O4/c1-2-32-22-13-7-6-12-21(22)28-17-18(16-23(28)29)24(30)26-20-11-5-4-10-19(20)25(31)27-14-8-3-9-15-27/h4-7,10-13,18H,2-3,8-9,14-17H2,1H3,(H,26,30). The number of anilines is 2. The third kappa shape index (κ3) is 4.61. The van der Waals surface area contributed by atoms with E-state index >= 15 is 0 Å². The number of benzene rings is 2. The molecule has 0 aliphatic carbocycles. The topological polar surface area (TPSA) is 79.0 Å². The number of piperidine rings is 1. The maximum absolute atomic E-state index is 13.1. The molecule has 2 aliphatic rings. The van der Waals surface area contributed by atoms with Crippen LogP contribution < -0.4 is 15.0 Å². The minimum Gasteiger partial charge on any atom is -0.492 e. The Labute approximate surface area is 188 Å². The van der Waals surface area contributed by atoms with E-state index in [4.69, 9.17) is 4.74 Å². The molecule has 2 aromatic carbocycles. The molecule has 7 heteroatoms. The van der Waals surface area contributed by atoms with Crippen molar-refractivity contribution < 1.29 is 19.1 Å². The maximum atomic E-state index is 13.1. The molecule has 3 amide bonds. The smallest absolute Gasteiger partial charge is 0.255 e. The van der Waals surface area contributed by atoms with E-state index in [9.17, 15) is 14.4 Å². The third-order valence-electron chi connectivity index (χ3n) is 6.01. The van der Waals surface area contributed by atoms with Crippen molar-refractivity contribution in [3.05, 3.63) is 54.1 Å². The fraction of sp³-hybridized carbons (Fsp3) is 0.400. The number of nitrogens with one attached hydrogen (secondary N) is 1. The summed E-state index contributed by atoms with van der Waals surface area (Å²) in [4.78, 5) is 42.2. The molecule has 0 aromatic heterocycles. The second-order valence-electron chi connectivity index (χ2n) is 8.19. The van der Waals surface area contributed by atoms with Gasteiger partial charge in [0, 0.05) is 26.1 Å². The fourth-order valence-electron chi connectivity index (χ4n) is 4.35. The second-order valence-corrected chi connectivity index (χ2v) is 8.19. The minimum atomic E-state index is -0.504. The highest BCUT2D eigenvalue weighted by Crippen LogP contribution is 2.33. The first-order valence-electron chi connectivity index (χ1n) is 11.3. The first-order chi connectivity index (χ1) is 15.6. The van der Waals surface area contributed by atoms with Crippen molar-refractivity contribution in [2.45, 2.75) is 32.6 Å².